The molecule has 0 bridgehead atoms. The van der Waals surface area contributed by atoms with Crippen molar-refractivity contribution < 1.29 is 36.5 Å². The third kappa shape index (κ3) is 3.68. The van der Waals surface area contributed by atoms with Crippen molar-refractivity contribution in [3.05, 3.63) is 47.7 Å². The first-order valence-corrected chi connectivity index (χ1v) is 8.80. The number of benzene rings is 1. The summed E-state index contributed by atoms with van der Waals surface area (Å²) >= 11 is 0. The van der Waals surface area contributed by atoms with Crippen LogP contribution >= 0.6 is 0 Å². The van der Waals surface area contributed by atoms with Gasteiger partial charge in [-0.05, 0) is 36.4 Å². The second-order valence-electron chi connectivity index (χ2n) is 5.92. The Kier molecular flexibility index (Phi) is 4.21. The van der Waals surface area contributed by atoms with Gasteiger partial charge in [0.1, 0.15) is 27.2 Å². The molecule has 1 aliphatic heterocycles. The first-order valence-electron chi connectivity index (χ1n) is 7.40. The molecule has 1 aromatic heterocycles. The van der Waals surface area contributed by atoms with E-state index in [0.717, 1.165) is 12.1 Å². The molecule has 0 amide bonds. The lowest BCUT2D eigenvalue weighted by molar-refractivity contribution is -0.222. The van der Waals surface area contributed by atoms with Gasteiger partial charge in [-0.3, -0.25) is 0 Å². The van der Waals surface area contributed by atoms with Crippen molar-refractivity contribution in [1.82, 2.24) is 0 Å². The predicted molar refractivity (Wildman–Crippen MR) is 86.3 cm³/mol. The van der Waals surface area contributed by atoms with Crippen LogP contribution in [-0.2, 0) is 29.2 Å². The van der Waals surface area contributed by atoms with Crippen LogP contribution in [0.2, 0.25) is 0 Å². The molecule has 1 saturated heterocycles. The molecule has 9 heteroatoms. The fourth-order valence-electron chi connectivity index (χ4n) is 2.29. The van der Waals surface area contributed by atoms with E-state index in [4.69, 9.17) is 13.9 Å². The number of esters is 2. The minimum absolute atomic E-state index is 0.198. The quantitative estimate of drug-likeness (QED) is 0.345. The molecule has 3 rings (SSSR count). The van der Waals surface area contributed by atoms with E-state index in [-0.39, 0.29) is 16.2 Å². The summed E-state index contributed by atoms with van der Waals surface area (Å²) < 4.78 is 48.3. The Morgan fingerprint density at radius 2 is 1.54 bits per heavy atom. The molecule has 1 fully saturated rings. The predicted octanol–water partition coefficient (Wildman–Crippen LogP) is 2.07. The molecule has 0 saturated carbocycles. The van der Waals surface area contributed by atoms with E-state index < -0.39 is 27.8 Å². The molecule has 2 heterocycles. The van der Waals surface area contributed by atoms with E-state index in [1.165, 1.54) is 38.1 Å². The second kappa shape index (κ2) is 6.11. The number of ether oxygens (including phenoxy) is 2. The zero-order valence-electron chi connectivity index (χ0n) is 13.7. The minimum atomic E-state index is -4.53. The van der Waals surface area contributed by atoms with Crippen molar-refractivity contribution in [3.8, 4) is 11.3 Å². The molecule has 136 valence electrons. The van der Waals surface area contributed by atoms with Gasteiger partial charge in [-0.2, -0.15) is 0 Å². The van der Waals surface area contributed by atoms with Gasteiger partial charge in [-0.1, -0.05) is 0 Å². The van der Waals surface area contributed by atoms with Crippen molar-refractivity contribution >= 4 is 28.1 Å². The van der Waals surface area contributed by atoms with E-state index in [2.05, 4.69) is 0 Å². The van der Waals surface area contributed by atoms with E-state index in [9.17, 15) is 22.6 Å². The van der Waals surface area contributed by atoms with Gasteiger partial charge in [0.25, 0.3) is 5.79 Å². The Morgan fingerprint density at radius 1 is 0.962 bits per heavy atom. The van der Waals surface area contributed by atoms with Gasteiger partial charge >= 0.3 is 11.9 Å². The zero-order chi connectivity index (χ0) is 19.1. The van der Waals surface area contributed by atoms with Crippen LogP contribution < -0.4 is 0 Å². The maximum atomic E-state index is 11.9. The average molecular weight is 377 g/mol. The number of carbonyl (C=O) groups excluding carboxylic acids is 2. The largest absolute Gasteiger partial charge is 0.744 e. The van der Waals surface area contributed by atoms with Gasteiger partial charge < -0.3 is 18.4 Å². The molecule has 8 nitrogen and oxygen atoms in total. The molecule has 0 spiro atoms. The SMILES string of the molecule is CC1(C)OC(=O)C(=Cc2ccc(-c3ccc(S(=O)(=O)[O-])cc3)o2)C(=O)O1. The number of furan rings is 1. The highest BCUT2D eigenvalue weighted by Gasteiger charge is 2.39. The summed E-state index contributed by atoms with van der Waals surface area (Å²) in [6, 6.07) is 8.22. The van der Waals surface area contributed by atoms with Crippen molar-refractivity contribution in [3.63, 3.8) is 0 Å². The molecule has 1 aliphatic rings. The topological polar surface area (TPSA) is 123 Å². The Hall–Kier alpha value is -2.91. The first-order chi connectivity index (χ1) is 12.0. The highest BCUT2D eigenvalue weighted by Crippen LogP contribution is 2.27. The minimum Gasteiger partial charge on any atom is -0.744 e. The van der Waals surface area contributed by atoms with Gasteiger partial charge in [0.2, 0.25) is 0 Å². The van der Waals surface area contributed by atoms with Crippen LogP contribution in [0.4, 0.5) is 0 Å². The molecule has 0 radical (unpaired) electrons. The number of hydrogen-bond acceptors (Lipinski definition) is 8. The van der Waals surface area contributed by atoms with E-state index >= 15 is 0 Å². The van der Waals surface area contributed by atoms with Crippen LogP contribution in [-0.4, -0.2) is 30.7 Å². The number of hydrogen-bond donors (Lipinski definition) is 0. The van der Waals surface area contributed by atoms with Crippen LogP contribution in [0.15, 0.2) is 51.3 Å². The maximum absolute atomic E-state index is 11.9. The summed E-state index contributed by atoms with van der Waals surface area (Å²) in [5, 5.41) is 0. The van der Waals surface area contributed by atoms with Gasteiger partial charge in [0.15, 0.2) is 0 Å². The van der Waals surface area contributed by atoms with E-state index in [0.29, 0.717) is 11.3 Å². The lowest BCUT2D eigenvalue weighted by Crippen LogP contribution is -2.41. The van der Waals surface area contributed by atoms with E-state index in [1.54, 1.807) is 6.07 Å². The number of carbonyl (C=O) groups is 2. The van der Waals surface area contributed by atoms with Crippen LogP contribution in [0.5, 0.6) is 0 Å². The lowest BCUT2D eigenvalue weighted by atomic mass is 10.2. The Labute approximate surface area is 148 Å². The zero-order valence-corrected chi connectivity index (χ0v) is 14.5. The normalized spacial score (nSPS) is 16.8. The van der Waals surface area contributed by atoms with Gasteiger partial charge in [0, 0.05) is 25.5 Å². The third-order valence-electron chi connectivity index (χ3n) is 3.46. The molecule has 0 aliphatic carbocycles. The molecule has 0 N–H and O–H groups in total. The number of rotatable bonds is 3. The van der Waals surface area contributed by atoms with Crippen LogP contribution in [0, 0.1) is 0 Å². The molecular formula is C17H13O8S-. The van der Waals surface area contributed by atoms with Crippen molar-refractivity contribution in [2.24, 2.45) is 0 Å². The monoisotopic (exact) mass is 377 g/mol. The van der Waals surface area contributed by atoms with Crippen LogP contribution in [0.25, 0.3) is 17.4 Å². The summed E-state index contributed by atoms with van der Waals surface area (Å²) in [4.78, 5) is 23.5. The standard InChI is InChI=1S/C17H14O8S/c1-17(2)24-15(18)13(16(19)25-17)9-11-5-8-14(23-11)10-3-6-12(7-4-10)26(20,21)22/h3-9H,1-2H3,(H,20,21,22)/p-1. The van der Waals surface area contributed by atoms with E-state index in [1.807, 2.05) is 0 Å². The molecule has 2 aromatic rings. The molecule has 0 atom stereocenters. The van der Waals surface area contributed by atoms with Crippen molar-refractivity contribution in [2.75, 3.05) is 0 Å². The highest BCUT2D eigenvalue weighted by molar-refractivity contribution is 7.85. The van der Waals surface area contributed by atoms with Gasteiger partial charge in [0.05, 0.1) is 4.90 Å². The highest BCUT2D eigenvalue weighted by atomic mass is 32.2. The van der Waals surface area contributed by atoms with Crippen LogP contribution in [0.3, 0.4) is 0 Å². The second-order valence-corrected chi connectivity index (χ2v) is 7.30. The Balaban J connectivity index is 1.86. The fourth-order valence-corrected chi connectivity index (χ4v) is 2.76. The Bertz CT molecular complexity index is 987. The first kappa shape index (κ1) is 17.9. The van der Waals surface area contributed by atoms with Gasteiger partial charge in [-0.15, -0.1) is 0 Å². The summed E-state index contributed by atoms with van der Waals surface area (Å²) in [6.07, 6.45) is 1.19. The molecule has 1 aromatic carbocycles. The summed E-state index contributed by atoms with van der Waals surface area (Å²) in [5.74, 6) is -2.43. The van der Waals surface area contributed by atoms with Crippen molar-refractivity contribution in [2.45, 2.75) is 24.5 Å². The fraction of sp³-hybridized carbons (Fsp3) is 0.176. The van der Waals surface area contributed by atoms with Crippen LogP contribution in [0.1, 0.15) is 19.6 Å². The lowest BCUT2D eigenvalue weighted by Gasteiger charge is -2.29. The molecular weight excluding hydrogens is 364 g/mol. The number of cyclic esters (lactones) is 2. The third-order valence-corrected chi connectivity index (χ3v) is 4.31. The maximum Gasteiger partial charge on any atom is 0.348 e. The summed E-state index contributed by atoms with van der Waals surface area (Å²) in [7, 11) is -4.53. The summed E-state index contributed by atoms with van der Waals surface area (Å²) in [5.41, 5.74) is 0.204. The Morgan fingerprint density at radius 3 is 2.08 bits per heavy atom. The molecule has 0 unspecified atom stereocenters. The molecule has 26 heavy (non-hydrogen) atoms. The smallest absolute Gasteiger partial charge is 0.348 e. The van der Waals surface area contributed by atoms with Gasteiger partial charge in [-0.25, -0.2) is 18.0 Å². The average Bonchev–Trinajstić information content (AvgIpc) is 2.98. The summed E-state index contributed by atoms with van der Waals surface area (Å²) in [6.45, 7) is 2.88. The van der Waals surface area contributed by atoms with Crippen molar-refractivity contribution in [1.29, 1.82) is 0 Å².